The van der Waals surface area contributed by atoms with Gasteiger partial charge in [-0.1, -0.05) is 12.1 Å². The number of benzene rings is 1. The minimum Gasteiger partial charge on any atom is -0.315 e. The Kier molecular flexibility index (Phi) is 2.69. The second-order valence-corrected chi connectivity index (χ2v) is 4.43. The van der Waals surface area contributed by atoms with E-state index in [-0.39, 0.29) is 12.1 Å². The van der Waals surface area contributed by atoms with E-state index in [1.807, 2.05) is 37.2 Å². The van der Waals surface area contributed by atoms with E-state index in [4.69, 9.17) is 5.73 Å². The molecule has 4 nitrogen and oxygen atoms in total. The van der Waals surface area contributed by atoms with Crippen molar-refractivity contribution < 1.29 is 4.79 Å². The molecule has 0 spiro atoms. The van der Waals surface area contributed by atoms with Crippen LogP contribution in [0.25, 0.3) is 0 Å². The van der Waals surface area contributed by atoms with Gasteiger partial charge in [0.05, 0.1) is 12.6 Å². The van der Waals surface area contributed by atoms with Crippen molar-refractivity contribution in [3.63, 3.8) is 0 Å². The monoisotopic (exact) mass is 219 g/mol. The van der Waals surface area contributed by atoms with Crippen LogP contribution in [0.5, 0.6) is 0 Å². The highest BCUT2D eigenvalue weighted by Gasteiger charge is 2.24. The number of rotatable bonds is 2. The average molecular weight is 219 g/mol. The number of amides is 1. The SMILES string of the molecule is CN1C(=O)Cc2cc(C(N)N(C)C)ccc21. The fourth-order valence-corrected chi connectivity index (χ4v) is 1.97. The van der Waals surface area contributed by atoms with Gasteiger partial charge >= 0.3 is 0 Å². The molecule has 0 bridgehead atoms. The van der Waals surface area contributed by atoms with E-state index in [1.165, 1.54) is 0 Å². The van der Waals surface area contributed by atoms with E-state index in [0.29, 0.717) is 6.42 Å². The van der Waals surface area contributed by atoms with Crippen molar-refractivity contribution in [2.45, 2.75) is 12.6 Å². The molecule has 1 amide bonds. The molecule has 1 aliphatic heterocycles. The Morgan fingerprint density at radius 1 is 1.44 bits per heavy atom. The highest BCUT2D eigenvalue weighted by Crippen LogP contribution is 2.29. The van der Waals surface area contributed by atoms with Crippen molar-refractivity contribution in [2.75, 3.05) is 26.0 Å². The topological polar surface area (TPSA) is 49.6 Å². The number of fused-ring (bicyclic) bond motifs is 1. The summed E-state index contributed by atoms with van der Waals surface area (Å²) in [5.74, 6) is 0.144. The van der Waals surface area contributed by atoms with Crippen LogP contribution in [-0.2, 0) is 11.2 Å². The molecule has 1 aromatic carbocycles. The third-order valence-electron chi connectivity index (χ3n) is 3.08. The van der Waals surface area contributed by atoms with Crippen LogP contribution < -0.4 is 10.6 Å². The summed E-state index contributed by atoms with van der Waals surface area (Å²) in [5.41, 5.74) is 9.15. The first-order valence-corrected chi connectivity index (χ1v) is 5.32. The van der Waals surface area contributed by atoms with Gasteiger partial charge in [-0.05, 0) is 31.3 Å². The van der Waals surface area contributed by atoms with Gasteiger partial charge in [-0.2, -0.15) is 0 Å². The van der Waals surface area contributed by atoms with Gasteiger partial charge in [0, 0.05) is 12.7 Å². The number of nitrogens with zero attached hydrogens (tertiary/aromatic N) is 2. The molecule has 0 saturated carbocycles. The summed E-state index contributed by atoms with van der Waals surface area (Å²) in [6, 6.07) is 5.99. The molecule has 0 saturated heterocycles. The van der Waals surface area contributed by atoms with Gasteiger partial charge in [0.2, 0.25) is 5.91 Å². The predicted molar refractivity (Wildman–Crippen MR) is 64.2 cm³/mol. The van der Waals surface area contributed by atoms with E-state index in [9.17, 15) is 4.79 Å². The van der Waals surface area contributed by atoms with Crippen molar-refractivity contribution in [2.24, 2.45) is 5.73 Å². The maximum absolute atomic E-state index is 11.5. The second kappa shape index (κ2) is 3.88. The van der Waals surface area contributed by atoms with Gasteiger partial charge < -0.3 is 10.6 Å². The van der Waals surface area contributed by atoms with Crippen LogP contribution in [0.1, 0.15) is 17.3 Å². The smallest absolute Gasteiger partial charge is 0.231 e. The van der Waals surface area contributed by atoms with E-state index >= 15 is 0 Å². The molecule has 86 valence electrons. The minimum atomic E-state index is -0.119. The molecule has 1 aromatic rings. The summed E-state index contributed by atoms with van der Waals surface area (Å²) in [7, 11) is 5.68. The van der Waals surface area contributed by atoms with Crippen molar-refractivity contribution in [1.29, 1.82) is 0 Å². The van der Waals surface area contributed by atoms with Gasteiger partial charge in [-0.25, -0.2) is 0 Å². The molecule has 1 aliphatic rings. The molecule has 4 heteroatoms. The van der Waals surface area contributed by atoms with Gasteiger partial charge in [-0.15, -0.1) is 0 Å². The number of carbonyl (C=O) groups is 1. The van der Waals surface area contributed by atoms with Crippen LogP contribution in [0.4, 0.5) is 5.69 Å². The van der Waals surface area contributed by atoms with E-state index in [0.717, 1.165) is 16.8 Å². The first-order valence-electron chi connectivity index (χ1n) is 5.32. The number of hydrogen-bond donors (Lipinski definition) is 1. The molecular formula is C12H17N3O. The lowest BCUT2D eigenvalue weighted by Crippen LogP contribution is -2.27. The molecule has 0 aliphatic carbocycles. The van der Waals surface area contributed by atoms with Gasteiger partial charge in [0.1, 0.15) is 0 Å². The van der Waals surface area contributed by atoms with Crippen molar-refractivity contribution in [3.8, 4) is 0 Å². The lowest BCUT2D eigenvalue weighted by Gasteiger charge is -2.20. The molecule has 16 heavy (non-hydrogen) atoms. The summed E-state index contributed by atoms with van der Waals surface area (Å²) in [4.78, 5) is 15.2. The molecule has 1 unspecified atom stereocenters. The highest BCUT2D eigenvalue weighted by atomic mass is 16.2. The molecule has 2 N–H and O–H groups in total. The Bertz CT molecular complexity index is 428. The number of nitrogens with two attached hydrogens (primary N) is 1. The maximum Gasteiger partial charge on any atom is 0.231 e. The normalized spacial score (nSPS) is 16.8. The average Bonchev–Trinajstić information content (AvgIpc) is 2.53. The molecular weight excluding hydrogens is 202 g/mol. The quantitative estimate of drug-likeness (QED) is 0.746. The second-order valence-electron chi connectivity index (χ2n) is 4.43. The Morgan fingerprint density at radius 2 is 2.12 bits per heavy atom. The summed E-state index contributed by atoms with van der Waals surface area (Å²) >= 11 is 0. The summed E-state index contributed by atoms with van der Waals surface area (Å²) in [6.45, 7) is 0. The van der Waals surface area contributed by atoms with Gasteiger partial charge in [0.15, 0.2) is 0 Å². The number of hydrogen-bond acceptors (Lipinski definition) is 3. The molecule has 0 aromatic heterocycles. The zero-order valence-electron chi connectivity index (χ0n) is 9.90. The zero-order chi connectivity index (χ0) is 11.9. The fourth-order valence-electron chi connectivity index (χ4n) is 1.97. The van der Waals surface area contributed by atoms with E-state index < -0.39 is 0 Å². The van der Waals surface area contributed by atoms with Crippen LogP contribution in [-0.4, -0.2) is 32.0 Å². The molecule has 2 rings (SSSR count). The van der Waals surface area contributed by atoms with Crippen LogP contribution in [0.2, 0.25) is 0 Å². The molecule has 1 heterocycles. The van der Waals surface area contributed by atoms with Gasteiger partial charge in [-0.3, -0.25) is 9.69 Å². The first-order chi connectivity index (χ1) is 7.50. The fraction of sp³-hybridized carbons (Fsp3) is 0.417. The summed E-state index contributed by atoms with van der Waals surface area (Å²) < 4.78 is 0. The van der Waals surface area contributed by atoms with Crippen LogP contribution in [0, 0.1) is 0 Å². The number of likely N-dealkylation sites (N-methyl/N-ethyl adjacent to an activating group) is 1. The van der Waals surface area contributed by atoms with Crippen LogP contribution >= 0.6 is 0 Å². The molecule has 0 radical (unpaired) electrons. The van der Waals surface area contributed by atoms with Crippen molar-refractivity contribution in [3.05, 3.63) is 29.3 Å². The molecule has 0 fully saturated rings. The lowest BCUT2D eigenvalue weighted by molar-refractivity contribution is -0.117. The number of anilines is 1. The van der Waals surface area contributed by atoms with Crippen LogP contribution in [0.3, 0.4) is 0 Å². The zero-order valence-corrected chi connectivity index (χ0v) is 9.90. The Hall–Kier alpha value is -1.39. The lowest BCUT2D eigenvalue weighted by atomic mass is 10.1. The third kappa shape index (κ3) is 1.70. The molecule has 1 atom stereocenters. The number of carbonyl (C=O) groups excluding carboxylic acids is 1. The highest BCUT2D eigenvalue weighted by molar-refractivity contribution is 6.00. The summed E-state index contributed by atoms with van der Waals surface area (Å²) in [6.07, 6.45) is 0.367. The standard InChI is InChI=1S/C12H17N3O/c1-14(2)12(13)8-4-5-10-9(6-8)7-11(16)15(10)3/h4-6,12H,7,13H2,1-3H3. The first kappa shape index (κ1) is 11.1. The van der Waals surface area contributed by atoms with Crippen molar-refractivity contribution in [1.82, 2.24) is 4.90 Å². The predicted octanol–water partition coefficient (Wildman–Crippen LogP) is 0.724. The van der Waals surface area contributed by atoms with E-state index in [1.54, 1.807) is 11.9 Å². The van der Waals surface area contributed by atoms with Crippen molar-refractivity contribution >= 4 is 11.6 Å². The minimum absolute atomic E-state index is 0.119. The largest absolute Gasteiger partial charge is 0.315 e. The Morgan fingerprint density at radius 3 is 2.75 bits per heavy atom. The maximum atomic E-state index is 11.5. The van der Waals surface area contributed by atoms with Gasteiger partial charge in [0.25, 0.3) is 0 Å². The van der Waals surface area contributed by atoms with E-state index in [2.05, 4.69) is 0 Å². The summed E-state index contributed by atoms with van der Waals surface area (Å²) in [5, 5.41) is 0. The Labute approximate surface area is 95.6 Å². The van der Waals surface area contributed by atoms with Crippen LogP contribution in [0.15, 0.2) is 18.2 Å². The Balaban J connectivity index is 2.35. The third-order valence-corrected chi connectivity index (χ3v) is 3.08.